The number of ether oxygens (including phenoxy) is 2. The average Bonchev–Trinajstić information content (AvgIpc) is 2.71. The van der Waals surface area contributed by atoms with Gasteiger partial charge < -0.3 is 19.6 Å². The Hall–Kier alpha value is -3.49. The molecule has 0 saturated carbocycles. The fraction of sp³-hybridized carbons (Fsp3) is 0.250. The second-order valence-electron chi connectivity index (χ2n) is 5.70. The highest BCUT2D eigenvalue weighted by atomic mass is 19.3. The number of benzene rings is 1. The maximum Gasteiger partial charge on any atom is 0.283 e. The SMILES string of the molecule is C=NC(=C\C(=N/O)C(F)F)/C(/C=C\C=O)=C/N(C)Cc1ccc(OC)c(OC)c1. The minimum Gasteiger partial charge on any atom is -0.493 e. The summed E-state index contributed by atoms with van der Waals surface area (Å²) in [5.41, 5.74) is 0.343. The first kappa shape index (κ1) is 23.5. The summed E-state index contributed by atoms with van der Waals surface area (Å²) in [6.45, 7) is 3.79. The van der Waals surface area contributed by atoms with Crippen LogP contribution in [-0.4, -0.2) is 56.5 Å². The van der Waals surface area contributed by atoms with Crippen LogP contribution in [0.15, 0.2) is 64.0 Å². The Morgan fingerprint density at radius 3 is 2.52 bits per heavy atom. The molecule has 156 valence electrons. The van der Waals surface area contributed by atoms with Crippen LogP contribution < -0.4 is 9.47 Å². The van der Waals surface area contributed by atoms with Crippen molar-refractivity contribution in [1.82, 2.24) is 4.90 Å². The molecule has 0 aliphatic rings. The largest absolute Gasteiger partial charge is 0.493 e. The molecule has 1 aromatic carbocycles. The van der Waals surface area contributed by atoms with E-state index in [0.717, 1.165) is 11.6 Å². The van der Waals surface area contributed by atoms with Gasteiger partial charge in [0.1, 0.15) is 12.0 Å². The highest BCUT2D eigenvalue weighted by molar-refractivity contribution is 5.98. The highest BCUT2D eigenvalue weighted by Crippen LogP contribution is 2.28. The number of halogens is 2. The topological polar surface area (TPSA) is 83.7 Å². The molecule has 9 heteroatoms. The Bertz CT molecular complexity index is 833. The lowest BCUT2D eigenvalue weighted by Gasteiger charge is -2.17. The lowest BCUT2D eigenvalue weighted by molar-refractivity contribution is -0.104. The molecular weight excluding hydrogens is 384 g/mol. The normalized spacial score (nSPS) is 13.0. The van der Waals surface area contributed by atoms with E-state index in [1.165, 1.54) is 26.4 Å². The van der Waals surface area contributed by atoms with Crippen molar-refractivity contribution in [2.24, 2.45) is 10.1 Å². The second kappa shape index (κ2) is 12.1. The number of methoxy groups -OCH3 is 2. The Balaban J connectivity index is 3.23. The van der Waals surface area contributed by atoms with Gasteiger partial charge in [-0.1, -0.05) is 11.2 Å². The molecule has 29 heavy (non-hydrogen) atoms. The van der Waals surface area contributed by atoms with E-state index in [2.05, 4.69) is 16.9 Å². The van der Waals surface area contributed by atoms with Crippen LogP contribution in [0.2, 0.25) is 0 Å². The van der Waals surface area contributed by atoms with Crippen LogP contribution in [0.25, 0.3) is 0 Å². The molecule has 0 unspecified atom stereocenters. The third-order valence-electron chi connectivity index (χ3n) is 3.68. The summed E-state index contributed by atoms with van der Waals surface area (Å²) >= 11 is 0. The number of carbonyl (C=O) groups excluding carboxylic acids is 1. The van der Waals surface area contributed by atoms with Gasteiger partial charge >= 0.3 is 0 Å². The van der Waals surface area contributed by atoms with Crippen LogP contribution in [0, 0.1) is 0 Å². The zero-order chi connectivity index (χ0) is 21.8. The first-order valence-electron chi connectivity index (χ1n) is 8.33. The zero-order valence-corrected chi connectivity index (χ0v) is 16.4. The quantitative estimate of drug-likeness (QED) is 0.152. The number of hydrogen-bond acceptors (Lipinski definition) is 7. The fourth-order valence-electron chi connectivity index (χ4n) is 2.38. The molecule has 1 N–H and O–H groups in total. The Kier molecular flexibility index (Phi) is 9.80. The maximum atomic E-state index is 12.9. The number of nitrogens with zero attached hydrogens (tertiary/aromatic N) is 3. The number of hydrogen-bond donors (Lipinski definition) is 1. The first-order valence-corrected chi connectivity index (χ1v) is 8.33. The van der Waals surface area contributed by atoms with Gasteiger partial charge in [-0.3, -0.25) is 9.79 Å². The molecule has 0 saturated heterocycles. The number of allylic oxidation sites excluding steroid dienone is 3. The molecule has 0 heterocycles. The lowest BCUT2D eigenvalue weighted by atomic mass is 10.1. The fourth-order valence-corrected chi connectivity index (χ4v) is 2.38. The van der Waals surface area contributed by atoms with E-state index in [-0.39, 0.29) is 5.70 Å². The van der Waals surface area contributed by atoms with Crippen molar-refractivity contribution in [2.75, 3.05) is 21.3 Å². The Labute approximate surface area is 167 Å². The molecule has 0 atom stereocenters. The Morgan fingerprint density at radius 2 is 2.00 bits per heavy atom. The zero-order valence-electron chi connectivity index (χ0n) is 16.4. The third kappa shape index (κ3) is 7.21. The van der Waals surface area contributed by atoms with E-state index in [4.69, 9.17) is 14.7 Å². The average molecular weight is 407 g/mol. The molecule has 1 rings (SSSR count). The molecule has 0 radical (unpaired) electrons. The van der Waals surface area contributed by atoms with E-state index < -0.39 is 12.1 Å². The second-order valence-corrected chi connectivity index (χ2v) is 5.70. The smallest absolute Gasteiger partial charge is 0.283 e. The molecular formula is C20H23F2N3O4. The van der Waals surface area contributed by atoms with Crippen molar-refractivity contribution in [2.45, 2.75) is 13.0 Å². The van der Waals surface area contributed by atoms with Crippen molar-refractivity contribution >= 4 is 18.7 Å². The summed E-state index contributed by atoms with van der Waals surface area (Å²) in [6.07, 6.45) is 2.60. The standard InChI is InChI=1S/C20H23F2N3O4/c1-23-16(11-17(24-27)20(21)22)15(6-5-9-26)13-25(2)12-14-7-8-18(28-3)19(10-14)29-4/h5-11,13,20,27H,1,12H2,2-4H3/b6-5-,15-13+,16-11-,24-17+. The third-order valence-corrected chi connectivity index (χ3v) is 3.68. The summed E-state index contributed by atoms with van der Waals surface area (Å²) < 4.78 is 36.2. The molecule has 0 bridgehead atoms. The summed E-state index contributed by atoms with van der Waals surface area (Å²) in [5, 5.41) is 11.3. The maximum absolute atomic E-state index is 12.9. The van der Waals surface area contributed by atoms with Crippen LogP contribution in [0.3, 0.4) is 0 Å². The van der Waals surface area contributed by atoms with E-state index in [1.807, 2.05) is 6.07 Å². The monoisotopic (exact) mass is 407 g/mol. The molecule has 7 nitrogen and oxygen atoms in total. The predicted molar refractivity (Wildman–Crippen MR) is 107 cm³/mol. The van der Waals surface area contributed by atoms with Gasteiger partial charge in [0.15, 0.2) is 11.5 Å². The van der Waals surface area contributed by atoms with Crippen molar-refractivity contribution in [3.05, 3.63) is 59.5 Å². The molecule has 0 spiro atoms. The Morgan fingerprint density at radius 1 is 1.31 bits per heavy atom. The predicted octanol–water partition coefficient (Wildman–Crippen LogP) is 3.45. The van der Waals surface area contributed by atoms with Gasteiger partial charge in [0.2, 0.25) is 0 Å². The van der Waals surface area contributed by atoms with Gasteiger partial charge in [0.25, 0.3) is 6.43 Å². The van der Waals surface area contributed by atoms with Crippen LogP contribution >= 0.6 is 0 Å². The number of aliphatic imine (C=N–C) groups is 1. The lowest BCUT2D eigenvalue weighted by Crippen LogP contribution is -2.12. The van der Waals surface area contributed by atoms with Crippen LogP contribution in [0.1, 0.15) is 5.56 Å². The van der Waals surface area contributed by atoms with Gasteiger partial charge in [0, 0.05) is 25.4 Å². The van der Waals surface area contributed by atoms with E-state index in [0.29, 0.717) is 29.9 Å². The number of oxime groups is 1. The van der Waals surface area contributed by atoms with Crippen LogP contribution in [-0.2, 0) is 11.3 Å². The molecule has 0 fully saturated rings. The van der Waals surface area contributed by atoms with Crippen molar-refractivity contribution in [1.29, 1.82) is 0 Å². The summed E-state index contributed by atoms with van der Waals surface area (Å²) in [4.78, 5) is 16.2. The van der Waals surface area contributed by atoms with Crippen LogP contribution in [0.5, 0.6) is 11.5 Å². The van der Waals surface area contributed by atoms with Crippen molar-refractivity contribution in [3.8, 4) is 11.5 Å². The summed E-state index contributed by atoms with van der Waals surface area (Å²) in [7, 11) is 4.82. The van der Waals surface area contributed by atoms with Crippen molar-refractivity contribution in [3.63, 3.8) is 0 Å². The molecule has 0 aromatic heterocycles. The number of rotatable bonds is 11. The first-order chi connectivity index (χ1) is 13.9. The van der Waals surface area contributed by atoms with Crippen LogP contribution in [0.4, 0.5) is 8.78 Å². The van der Waals surface area contributed by atoms with Crippen molar-refractivity contribution < 1.29 is 28.3 Å². The molecule has 0 aliphatic heterocycles. The molecule has 0 amide bonds. The number of alkyl halides is 2. The van der Waals surface area contributed by atoms with E-state index in [9.17, 15) is 13.6 Å². The molecule has 0 aliphatic carbocycles. The minimum atomic E-state index is -3.00. The van der Waals surface area contributed by atoms with Gasteiger partial charge in [-0.05, 0) is 42.6 Å². The van der Waals surface area contributed by atoms with Gasteiger partial charge in [-0.15, -0.1) is 0 Å². The summed E-state index contributed by atoms with van der Waals surface area (Å²) in [6, 6.07) is 5.42. The van der Waals surface area contributed by atoms with E-state index in [1.54, 1.807) is 30.3 Å². The minimum absolute atomic E-state index is 0.00959. The number of aldehydes is 1. The number of carbonyl (C=O) groups is 1. The van der Waals surface area contributed by atoms with Gasteiger partial charge in [-0.2, -0.15) is 0 Å². The van der Waals surface area contributed by atoms with E-state index >= 15 is 0 Å². The highest BCUT2D eigenvalue weighted by Gasteiger charge is 2.14. The molecule has 1 aromatic rings. The summed E-state index contributed by atoms with van der Waals surface area (Å²) in [5.74, 6) is 1.16. The van der Waals surface area contributed by atoms with Gasteiger partial charge in [0.05, 0.1) is 19.9 Å². The van der Waals surface area contributed by atoms with Gasteiger partial charge in [-0.25, -0.2) is 8.78 Å².